The Morgan fingerprint density at radius 3 is 2.53 bits per heavy atom. The quantitative estimate of drug-likeness (QED) is 0.390. The second-order valence-corrected chi connectivity index (χ2v) is 9.14. The van der Waals surface area contributed by atoms with E-state index in [1.807, 2.05) is 36.4 Å². The van der Waals surface area contributed by atoms with Gasteiger partial charge < -0.3 is 9.47 Å². The Morgan fingerprint density at radius 2 is 1.83 bits per heavy atom. The van der Waals surface area contributed by atoms with Crippen LogP contribution in [0.2, 0.25) is 0 Å². The van der Waals surface area contributed by atoms with Gasteiger partial charge in [-0.05, 0) is 54.7 Å². The van der Waals surface area contributed by atoms with E-state index < -0.39 is 16.9 Å². The third-order valence-electron chi connectivity index (χ3n) is 6.04. The van der Waals surface area contributed by atoms with E-state index >= 15 is 4.39 Å². The van der Waals surface area contributed by atoms with Crippen molar-refractivity contribution in [1.82, 2.24) is 19.6 Å². The fourth-order valence-corrected chi connectivity index (χ4v) is 4.34. The molecule has 3 heterocycles. The zero-order chi connectivity index (χ0) is 25.3. The first-order valence-corrected chi connectivity index (χ1v) is 11.8. The zero-order valence-electron chi connectivity index (χ0n) is 20.0. The molecule has 11 heteroatoms. The normalized spacial score (nSPS) is 14.6. The zero-order valence-corrected chi connectivity index (χ0v) is 20.0. The van der Waals surface area contributed by atoms with Crippen LogP contribution < -0.4 is 10.2 Å². The molecule has 0 amide bonds. The van der Waals surface area contributed by atoms with Crippen LogP contribution in [0.5, 0.6) is 5.75 Å². The molecule has 36 heavy (non-hydrogen) atoms. The second-order valence-electron chi connectivity index (χ2n) is 9.14. The van der Waals surface area contributed by atoms with Gasteiger partial charge in [0.25, 0.3) is 5.43 Å². The highest BCUT2D eigenvalue weighted by atomic mass is 19.2. The first-order valence-electron chi connectivity index (χ1n) is 11.8. The Bertz CT molecular complexity index is 1430. The molecule has 4 aromatic rings. The molecule has 0 aliphatic carbocycles. The summed E-state index contributed by atoms with van der Waals surface area (Å²) in [5.41, 5.74) is -0.764. The maximum atomic E-state index is 15.4. The molecule has 0 N–H and O–H groups in total. The number of alkyl halides is 1. The fraction of sp³-hybridized carbons (Fsp3) is 0.240. The van der Waals surface area contributed by atoms with Gasteiger partial charge in [-0.15, -0.1) is 0 Å². The number of ether oxygens (including phenoxy) is 2. The average molecular weight is 488 g/mol. The van der Waals surface area contributed by atoms with Crippen LogP contribution in [0.25, 0.3) is 22.8 Å². The van der Waals surface area contributed by atoms with Crippen molar-refractivity contribution in [1.29, 1.82) is 0 Å². The lowest BCUT2D eigenvalue weighted by atomic mass is 9.78. The lowest BCUT2D eigenvalue weighted by Crippen LogP contribution is -2.34. The number of nitrogens with zero attached hydrogens (tertiary/aromatic N) is 4. The number of benzene rings is 2. The molecule has 0 radical (unpaired) electrons. The summed E-state index contributed by atoms with van der Waals surface area (Å²) in [5, 5.41) is 8.77. The number of rotatable bonds is 6. The topological polar surface area (TPSA) is 71.2 Å². The maximum Gasteiger partial charge on any atom is 0.251 e. The van der Waals surface area contributed by atoms with Crippen molar-refractivity contribution in [2.75, 3.05) is 13.2 Å². The van der Waals surface area contributed by atoms with Crippen molar-refractivity contribution in [2.24, 2.45) is 0 Å². The molecule has 182 valence electrons. The van der Waals surface area contributed by atoms with Crippen LogP contribution in [0.3, 0.4) is 0 Å². The maximum absolute atomic E-state index is 15.4. The van der Waals surface area contributed by atoms with Crippen LogP contribution in [0.4, 0.5) is 8.78 Å². The summed E-state index contributed by atoms with van der Waals surface area (Å²) >= 11 is 0. The van der Waals surface area contributed by atoms with Crippen LogP contribution in [0, 0.1) is 5.82 Å². The second kappa shape index (κ2) is 9.73. The van der Waals surface area contributed by atoms with Gasteiger partial charge in [0.1, 0.15) is 11.5 Å². The number of para-hydroxylation sites is 1. The minimum Gasteiger partial charge on any atom is -0.469 e. The number of halogens is 2. The van der Waals surface area contributed by atoms with Crippen molar-refractivity contribution in [3.05, 3.63) is 88.6 Å². The first-order chi connectivity index (χ1) is 17.3. The van der Waals surface area contributed by atoms with Crippen molar-refractivity contribution in [3.63, 3.8) is 0 Å². The molecule has 2 aromatic carbocycles. The van der Waals surface area contributed by atoms with Crippen LogP contribution in [-0.2, 0) is 4.74 Å². The molecule has 0 spiro atoms. The molecule has 1 aliphatic heterocycles. The molecular formula is C25H24B2F2N4O3. The Balaban J connectivity index is 1.63. The van der Waals surface area contributed by atoms with E-state index in [0.717, 1.165) is 18.4 Å². The Morgan fingerprint density at radius 1 is 1.08 bits per heavy atom. The van der Waals surface area contributed by atoms with Crippen LogP contribution in [0.1, 0.15) is 24.3 Å². The molecule has 1 fully saturated rings. The fourth-order valence-electron chi connectivity index (χ4n) is 4.34. The summed E-state index contributed by atoms with van der Waals surface area (Å²) in [6, 6.07) is 15.8. The Hall–Kier alpha value is -3.72. The van der Waals surface area contributed by atoms with E-state index in [1.54, 1.807) is 16.8 Å². The lowest BCUT2D eigenvalue weighted by molar-refractivity contribution is 0.0852. The smallest absolute Gasteiger partial charge is 0.251 e. The number of hydrogen-bond donors (Lipinski definition) is 0. The number of aromatic nitrogens is 4. The summed E-state index contributed by atoms with van der Waals surface area (Å²) in [6.45, 7) is 1.29. The SMILES string of the molecule is BC(B)(F)Oc1cn(-c2ccc(C3CCOCC3)cc2F)nc(-c2ccnn2-c2ccccc2)c1=O. The molecule has 1 aliphatic rings. The van der Waals surface area contributed by atoms with Crippen LogP contribution >= 0.6 is 0 Å². The molecule has 0 bridgehead atoms. The molecule has 7 nitrogen and oxygen atoms in total. The summed E-state index contributed by atoms with van der Waals surface area (Å²) in [6.07, 6.45) is 4.39. The van der Waals surface area contributed by atoms with Crippen molar-refractivity contribution < 1.29 is 18.3 Å². The summed E-state index contributed by atoms with van der Waals surface area (Å²) in [4.78, 5) is 13.3. The van der Waals surface area contributed by atoms with E-state index in [9.17, 15) is 9.18 Å². The van der Waals surface area contributed by atoms with E-state index in [4.69, 9.17) is 9.47 Å². The van der Waals surface area contributed by atoms with Gasteiger partial charge in [0.05, 0.1) is 23.8 Å². The van der Waals surface area contributed by atoms with Crippen molar-refractivity contribution in [3.8, 4) is 28.5 Å². The van der Waals surface area contributed by atoms with E-state index in [2.05, 4.69) is 10.2 Å². The van der Waals surface area contributed by atoms with Crippen LogP contribution in [0.15, 0.2) is 71.8 Å². The average Bonchev–Trinajstić information content (AvgIpc) is 3.35. The van der Waals surface area contributed by atoms with Gasteiger partial charge in [-0.25, -0.2) is 18.1 Å². The summed E-state index contributed by atoms with van der Waals surface area (Å²) < 4.78 is 43.3. The molecule has 1 saturated heterocycles. The molecule has 2 aromatic heterocycles. The first kappa shape index (κ1) is 24.0. The van der Waals surface area contributed by atoms with Gasteiger partial charge in [0.2, 0.25) is 0 Å². The monoisotopic (exact) mass is 488 g/mol. The van der Waals surface area contributed by atoms with E-state index in [0.29, 0.717) is 24.6 Å². The largest absolute Gasteiger partial charge is 0.469 e. The highest BCUT2D eigenvalue weighted by Gasteiger charge is 2.25. The Labute approximate surface area is 208 Å². The highest BCUT2D eigenvalue weighted by Crippen LogP contribution is 2.29. The standard InChI is InChI=1S/C25H24B2F2N4O3/c26-25(27,29)36-22-15-32(20-7-6-17(14-19(20)28)16-9-12-35-13-10-16)31-23(24(22)34)21-8-11-30-33(21)18-4-2-1-3-5-18/h1-8,11,14-16H,9-10,12-13,26-27H2. The molecular weight excluding hydrogens is 464 g/mol. The third kappa shape index (κ3) is 4.97. The number of hydrogen-bond acceptors (Lipinski definition) is 5. The minimum absolute atomic E-state index is 0.0500. The van der Waals surface area contributed by atoms with Gasteiger partial charge >= 0.3 is 0 Å². The molecule has 0 atom stereocenters. The Kier molecular flexibility index (Phi) is 6.49. The predicted molar refractivity (Wildman–Crippen MR) is 137 cm³/mol. The van der Waals surface area contributed by atoms with Gasteiger partial charge in [-0.2, -0.15) is 10.2 Å². The highest BCUT2D eigenvalue weighted by molar-refractivity contribution is 6.37. The van der Waals surface area contributed by atoms with Gasteiger partial charge in [-0.3, -0.25) is 4.79 Å². The summed E-state index contributed by atoms with van der Waals surface area (Å²) in [5.74, 6) is -0.587. The van der Waals surface area contributed by atoms with Crippen molar-refractivity contribution >= 4 is 15.7 Å². The predicted octanol–water partition coefficient (Wildman–Crippen LogP) is 2.34. The van der Waals surface area contributed by atoms with Gasteiger partial charge in [0.15, 0.2) is 32.8 Å². The minimum atomic E-state index is -2.14. The van der Waals surface area contributed by atoms with Gasteiger partial charge in [-0.1, -0.05) is 24.3 Å². The molecule has 0 unspecified atom stereocenters. The summed E-state index contributed by atoms with van der Waals surface area (Å²) in [7, 11) is 2.38. The molecule has 5 rings (SSSR count). The lowest BCUT2D eigenvalue weighted by Gasteiger charge is -2.23. The van der Waals surface area contributed by atoms with Gasteiger partial charge in [0, 0.05) is 13.2 Å². The van der Waals surface area contributed by atoms with E-state index in [-0.39, 0.29) is 23.0 Å². The molecule has 0 saturated carbocycles. The third-order valence-corrected chi connectivity index (χ3v) is 6.04. The van der Waals surface area contributed by atoms with E-state index in [1.165, 1.54) is 38.8 Å². The van der Waals surface area contributed by atoms with Crippen LogP contribution in [-0.4, -0.2) is 54.1 Å². The van der Waals surface area contributed by atoms with Crippen molar-refractivity contribution in [2.45, 2.75) is 24.4 Å².